The van der Waals surface area contributed by atoms with Crippen molar-refractivity contribution >= 4 is 34.3 Å². The predicted molar refractivity (Wildman–Crippen MR) is 67.6 cm³/mol. The van der Waals surface area contributed by atoms with E-state index in [2.05, 4.69) is 16.9 Å². The Morgan fingerprint density at radius 1 is 1.47 bits per heavy atom. The van der Waals surface area contributed by atoms with Crippen molar-refractivity contribution in [3.05, 3.63) is 43.2 Å². The van der Waals surface area contributed by atoms with E-state index in [-0.39, 0.29) is 6.04 Å². The summed E-state index contributed by atoms with van der Waals surface area (Å²) in [6.45, 7) is 2.00. The van der Waals surface area contributed by atoms with Crippen molar-refractivity contribution < 1.29 is 0 Å². The average Bonchev–Trinajstić information content (AvgIpc) is 2.84. The highest BCUT2D eigenvalue weighted by molar-refractivity contribution is 7.11. The van der Waals surface area contributed by atoms with Gasteiger partial charge in [0.1, 0.15) is 0 Å². The van der Waals surface area contributed by atoms with Gasteiger partial charge in [0.2, 0.25) is 0 Å². The Balaban J connectivity index is 2.40. The number of nitrogens with two attached hydrogens (primary N) is 1. The molecule has 0 saturated carbocycles. The Bertz CT molecular complexity index is 436. The number of halogens is 1. The minimum absolute atomic E-state index is 0.00227. The van der Waals surface area contributed by atoms with E-state index < -0.39 is 0 Å². The third-order valence-electron chi connectivity index (χ3n) is 2.23. The third-order valence-corrected chi connectivity index (χ3v) is 4.71. The zero-order valence-corrected chi connectivity index (χ0v) is 10.5. The van der Waals surface area contributed by atoms with E-state index in [0.29, 0.717) is 0 Å². The van der Waals surface area contributed by atoms with Crippen LogP contribution in [0.15, 0.2) is 22.2 Å². The normalized spacial score (nSPS) is 13.0. The van der Waals surface area contributed by atoms with Crippen molar-refractivity contribution in [3.8, 4) is 0 Å². The maximum absolute atomic E-state index is 6.22. The minimum Gasteiger partial charge on any atom is -0.271 e. The Morgan fingerprint density at radius 2 is 2.27 bits per heavy atom. The zero-order chi connectivity index (χ0) is 10.8. The lowest BCUT2D eigenvalue weighted by molar-refractivity contribution is 0.648. The molecule has 0 radical (unpaired) electrons. The van der Waals surface area contributed by atoms with E-state index in [1.54, 1.807) is 22.7 Å². The van der Waals surface area contributed by atoms with E-state index >= 15 is 0 Å². The average molecular weight is 259 g/mol. The molecule has 0 aromatic carbocycles. The third kappa shape index (κ3) is 2.09. The van der Waals surface area contributed by atoms with E-state index in [0.717, 1.165) is 21.0 Å². The van der Waals surface area contributed by atoms with Crippen molar-refractivity contribution in [1.82, 2.24) is 5.43 Å². The van der Waals surface area contributed by atoms with Crippen LogP contribution in [0, 0.1) is 6.92 Å². The number of nitrogens with one attached hydrogen (secondary N) is 1. The summed E-state index contributed by atoms with van der Waals surface area (Å²) in [6, 6.07) is 2.06. The van der Waals surface area contributed by atoms with Gasteiger partial charge in [0.25, 0.3) is 0 Å². The molecule has 2 nitrogen and oxygen atoms in total. The molecule has 15 heavy (non-hydrogen) atoms. The van der Waals surface area contributed by atoms with Crippen LogP contribution in [0.3, 0.4) is 0 Å². The van der Waals surface area contributed by atoms with Gasteiger partial charge in [0.15, 0.2) is 0 Å². The van der Waals surface area contributed by atoms with Crippen LogP contribution in [0.2, 0.25) is 5.02 Å². The highest BCUT2D eigenvalue weighted by atomic mass is 35.5. The molecule has 1 atom stereocenters. The number of hydrazine groups is 1. The number of hydrogen-bond acceptors (Lipinski definition) is 4. The standard InChI is InChI=1S/C10H11ClN2S2/c1-6-4-15-10(8(6)11)9(13-12)7-2-3-14-5-7/h2-5,9,13H,12H2,1H3. The van der Waals surface area contributed by atoms with Crippen LogP contribution < -0.4 is 11.3 Å². The first-order valence-electron chi connectivity index (χ1n) is 4.45. The SMILES string of the molecule is Cc1csc(C(NN)c2ccsc2)c1Cl. The summed E-state index contributed by atoms with van der Waals surface area (Å²) >= 11 is 9.51. The van der Waals surface area contributed by atoms with Gasteiger partial charge in [-0.2, -0.15) is 11.3 Å². The molecule has 80 valence electrons. The summed E-state index contributed by atoms with van der Waals surface area (Å²) in [6.07, 6.45) is 0. The highest BCUT2D eigenvalue weighted by Crippen LogP contribution is 2.35. The van der Waals surface area contributed by atoms with E-state index in [4.69, 9.17) is 17.4 Å². The lowest BCUT2D eigenvalue weighted by Gasteiger charge is -2.13. The molecule has 2 heterocycles. The highest BCUT2D eigenvalue weighted by Gasteiger charge is 2.18. The van der Waals surface area contributed by atoms with Crippen LogP contribution >= 0.6 is 34.3 Å². The maximum atomic E-state index is 6.22. The minimum atomic E-state index is 0.00227. The fourth-order valence-corrected chi connectivity index (χ4v) is 3.48. The second-order valence-corrected chi connectivity index (χ2v) is 5.32. The Labute approximate surface area is 102 Å². The summed E-state index contributed by atoms with van der Waals surface area (Å²) in [7, 11) is 0. The second-order valence-electron chi connectivity index (χ2n) is 3.25. The first-order chi connectivity index (χ1) is 7.24. The first-order valence-corrected chi connectivity index (χ1v) is 6.65. The van der Waals surface area contributed by atoms with Crippen molar-refractivity contribution in [2.45, 2.75) is 13.0 Å². The lowest BCUT2D eigenvalue weighted by Crippen LogP contribution is -2.28. The molecular formula is C10H11ClN2S2. The predicted octanol–water partition coefficient (Wildman–Crippen LogP) is 3.32. The van der Waals surface area contributed by atoms with Crippen molar-refractivity contribution in [1.29, 1.82) is 0 Å². The Morgan fingerprint density at radius 3 is 2.73 bits per heavy atom. The van der Waals surface area contributed by atoms with Gasteiger partial charge in [-0.3, -0.25) is 5.84 Å². The summed E-state index contributed by atoms with van der Waals surface area (Å²) in [5.74, 6) is 5.58. The molecule has 2 aromatic rings. The molecule has 0 bridgehead atoms. The Hall–Kier alpha value is -0.390. The molecule has 0 aliphatic carbocycles. The summed E-state index contributed by atoms with van der Waals surface area (Å²) < 4.78 is 0. The van der Waals surface area contributed by atoms with Crippen LogP contribution in [-0.2, 0) is 0 Å². The maximum Gasteiger partial charge on any atom is 0.0825 e. The molecule has 0 saturated heterocycles. The fourth-order valence-electron chi connectivity index (χ4n) is 1.41. The fraction of sp³-hybridized carbons (Fsp3) is 0.200. The molecule has 2 rings (SSSR count). The van der Waals surface area contributed by atoms with Crippen LogP contribution in [0.25, 0.3) is 0 Å². The van der Waals surface area contributed by atoms with E-state index in [9.17, 15) is 0 Å². The first kappa shape index (κ1) is 11.1. The summed E-state index contributed by atoms with van der Waals surface area (Å²) in [5.41, 5.74) is 5.07. The monoisotopic (exact) mass is 258 g/mol. The van der Waals surface area contributed by atoms with Gasteiger partial charge in [-0.25, -0.2) is 5.43 Å². The molecule has 0 amide bonds. The Kier molecular flexibility index (Phi) is 3.43. The largest absolute Gasteiger partial charge is 0.271 e. The molecule has 1 unspecified atom stereocenters. The molecule has 0 spiro atoms. The van der Waals surface area contributed by atoms with Gasteiger partial charge in [-0.15, -0.1) is 11.3 Å². The van der Waals surface area contributed by atoms with Crippen molar-refractivity contribution in [2.24, 2.45) is 5.84 Å². The molecule has 5 heteroatoms. The topological polar surface area (TPSA) is 38.0 Å². The molecule has 0 aliphatic rings. The van der Waals surface area contributed by atoms with Crippen LogP contribution in [-0.4, -0.2) is 0 Å². The number of rotatable bonds is 3. The molecule has 0 aliphatic heterocycles. The van der Waals surface area contributed by atoms with Crippen molar-refractivity contribution in [2.75, 3.05) is 0 Å². The van der Waals surface area contributed by atoms with Gasteiger partial charge in [0, 0.05) is 4.88 Å². The number of thiophene rings is 2. The number of aryl methyl sites for hydroxylation is 1. The zero-order valence-electron chi connectivity index (χ0n) is 8.16. The quantitative estimate of drug-likeness (QED) is 0.655. The molecule has 3 N–H and O–H groups in total. The number of hydrogen-bond donors (Lipinski definition) is 2. The lowest BCUT2D eigenvalue weighted by atomic mass is 10.1. The van der Waals surface area contributed by atoms with Gasteiger partial charge in [-0.05, 0) is 40.3 Å². The molecule has 2 aromatic heterocycles. The van der Waals surface area contributed by atoms with Crippen LogP contribution in [0.4, 0.5) is 0 Å². The second kappa shape index (κ2) is 4.63. The van der Waals surface area contributed by atoms with Gasteiger partial charge >= 0.3 is 0 Å². The van der Waals surface area contributed by atoms with Crippen LogP contribution in [0.1, 0.15) is 22.0 Å². The van der Waals surface area contributed by atoms with Gasteiger partial charge in [-0.1, -0.05) is 11.6 Å². The van der Waals surface area contributed by atoms with E-state index in [1.165, 1.54) is 0 Å². The molecule has 0 fully saturated rings. The summed E-state index contributed by atoms with van der Waals surface area (Å²) in [4.78, 5) is 1.08. The van der Waals surface area contributed by atoms with Crippen LogP contribution in [0.5, 0.6) is 0 Å². The van der Waals surface area contributed by atoms with Gasteiger partial charge < -0.3 is 0 Å². The van der Waals surface area contributed by atoms with Gasteiger partial charge in [0.05, 0.1) is 11.1 Å². The summed E-state index contributed by atoms with van der Waals surface area (Å²) in [5, 5.41) is 6.98. The van der Waals surface area contributed by atoms with E-state index in [1.807, 2.05) is 17.7 Å². The van der Waals surface area contributed by atoms with Crippen molar-refractivity contribution in [3.63, 3.8) is 0 Å². The molecular weight excluding hydrogens is 248 g/mol. The smallest absolute Gasteiger partial charge is 0.0825 e.